The number of nitrogens with one attached hydrogen (secondary N) is 2. The number of hydrogen-bond acceptors (Lipinski definition) is 2. The van der Waals surface area contributed by atoms with Crippen LogP contribution in [0.4, 0.5) is 5.69 Å². The van der Waals surface area contributed by atoms with Crippen LogP contribution < -0.4 is 10.6 Å². The summed E-state index contributed by atoms with van der Waals surface area (Å²) < 4.78 is 0. The van der Waals surface area contributed by atoms with Gasteiger partial charge in [0.1, 0.15) is 0 Å². The Morgan fingerprint density at radius 1 is 1.13 bits per heavy atom. The van der Waals surface area contributed by atoms with Crippen LogP contribution in [0.3, 0.4) is 0 Å². The monoisotopic (exact) mass is 344 g/mol. The average molecular weight is 345 g/mol. The zero-order valence-electron chi connectivity index (χ0n) is 12.9. The fraction of sp³-hybridized carbons (Fsp3) is 0.111. The van der Waals surface area contributed by atoms with Crippen LogP contribution in [0, 0.1) is 13.8 Å². The third-order valence-corrected chi connectivity index (χ3v) is 3.58. The first kappa shape index (κ1) is 17.2. The van der Waals surface area contributed by atoms with Crippen molar-refractivity contribution in [3.63, 3.8) is 0 Å². The van der Waals surface area contributed by atoms with Crippen molar-refractivity contribution in [1.29, 1.82) is 0 Å². The Morgan fingerprint density at radius 3 is 2.43 bits per heavy atom. The predicted molar refractivity (Wildman–Crippen MR) is 101 cm³/mol. The van der Waals surface area contributed by atoms with Gasteiger partial charge in [0.2, 0.25) is 5.91 Å². The van der Waals surface area contributed by atoms with Crippen molar-refractivity contribution in [3.05, 3.63) is 70.3 Å². The quantitative estimate of drug-likeness (QED) is 0.637. The maximum absolute atomic E-state index is 11.9. The van der Waals surface area contributed by atoms with Gasteiger partial charge in [0.25, 0.3) is 0 Å². The van der Waals surface area contributed by atoms with E-state index in [9.17, 15) is 4.79 Å². The van der Waals surface area contributed by atoms with Crippen LogP contribution in [-0.2, 0) is 4.79 Å². The fourth-order valence-corrected chi connectivity index (χ4v) is 2.56. The van der Waals surface area contributed by atoms with E-state index >= 15 is 0 Å². The van der Waals surface area contributed by atoms with Crippen molar-refractivity contribution in [2.75, 3.05) is 5.32 Å². The summed E-state index contributed by atoms with van der Waals surface area (Å²) in [6.07, 6.45) is 3.05. The number of hydrogen-bond donors (Lipinski definition) is 2. The molecule has 0 radical (unpaired) electrons. The molecule has 23 heavy (non-hydrogen) atoms. The maximum atomic E-state index is 11.9. The molecule has 1 amide bonds. The molecule has 118 valence electrons. The van der Waals surface area contributed by atoms with Crippen LogP contribution in [0.25, 0.3) is 6.08 Å². The number of carbonyl (C=O) groups excluding carboxylic acids is 1. The molecule has 0 aliphatic carbocycles. The summed E-state index contributed by atoms with van der Waals surface area (Å²) >= 11 is 11.2. The van der Waals surface area contributed by atoms with Crippen molar-refractivity contribution in [3.8, 4) is 0 Å². The van der Waals surface area contributed by atoms with E-state index in [4.69, 9.17) is 23.8 Å². The van der Waals surface area contributed by atoms with Crippen LogP contribution in [-0.4, -0.2) is 11.0 Å². The van der Waals surface area contributed by atoms with E-state index in [2.05, 4.69) is 16.7 Å². The highest BCUT2D eigenvalue weighted by atomic mass is 35.5. The Morgan fingerprint density at radius 2 is 1.78 bits per heavy atom. The molecule has 0 aliphatic heterocycles. The molecule has 2 aromatic carbocycles. The summed E-state index contributed by atoms with van der Waals surface area (Å²) in [7, 11) is 0. The van der Waals surface area contributed by atoms with E-state index < -0.39 is 0 Å². The summed E-state index contributed by atoms with van der Waals surface area (Å²) in [6, 6.07) is 13.3. The molecule has 0 fully saturated rings. The number of halogens is 1. The molecule has 2 aromatic rings. The van der Waals surface area contributed by atoms with Gasteiger partial charge in [0.15, 0.2) is 5.11 Å². The zero-order valence-corrected chi connectivity index (χ0v) is 14.5. The van der Waals surface area contributed by atoms with E-state index in [-0.39, 0.29) is 11.0 Å². The topological polar surface area (TPSA) is 41.1 Å². The minimum atomic E-state index is -0.313. The highest BCUT2D eigenvalue weighted by Gasteiger charge is 2.03. The van der Waals surface area contributed by atoms with Gasteiger partial charge in [0, 0.05) is 16.8 Å². The van der Waals surface area contributed by atoms with Crippen LogP contribution in [0.2, 0.25) is 5.02 Å². The van der Waals surface area contributed by atoms with E-state index in [0.29, 0.717) is 5.02 Å². The van der Waals surface area contributed by atoms with E-state index in [1.807, 2.05) is 44.2 Å². The van der Waals surface area contributed by atoms with Gasteiger partial charge < -0.3 is 5.32 Å². The SMILES string of the molecule is Cc1cc(C)cc(NC(=S)NC(=O)/C=C/c2ccccc2Cl)c1. The van der Waals surface area contributed by atoms with Crippen LogP contribution in [0.5, 0.6) is 0 Å². The lowest BCUT2D eigenvalue weighted by atomic mass is 10.1. The molecule has 0 unspecified atom stereocenters. The van der Waals surface area contributed by atoms with E-state index in [0.717, 1.165) is 22.4 Å². The normalized spacial score (nSPS) is 10.6. The van der Waals surface area contributed by atoms with Crippen LogP contribution >= 0.6 is 23.8 Å². The number of carbonyl (C=O) groups is 1. The van der Waals surface area contributed by atoms with Crippen LogP contribution in [0.15, 0.2) is 48.5 Å². The number of thiocarbonyl (C=S) groups is 1. The Kier molecular flexibility index (Phi) is 5.90. The predicted octanol–water partition coefficient (Wildman–Crippen LogP) is 4.48. The highest BCUT2D eigenvalue weighted by molar-refractivity contribution is 7.80. The van der Waals surface area contributed by atoms with E-state index in [1.165, 1.54) is 6.08 Å². The van der Waals surface area contributed by atoms with Gasteiger partial charge in [-0.2, -0.15) is 0 Å². The zero-order chi connectivity index (χ0) is 16.8. The summed E-state index contributed by atoms with van der Waals surface area (Å²) in [5, 5.41) is 6.46. The minimum absolute atomic E-state index is 0.254. The summed E-state index contributed by atoms with van der Waals surface area (Å²) in [5.74, 6) is -0.313. The van der Waals surface area contributed by atoms with Gasteiger partial charge in [-0.3, -0.25) is 10.1 Å². The number of aryl methyl sites for hydroxylation is 2. The lowest BCUT2D eigenvalue weighted by Crippen LogP contribution is -2.32. The molecule has 0 bridgehead atoms. The van der Waals surface area contributed by atoms with Crippen molar-refractivity contribution < 1.29 is 4.79 Å². The molecule has 5 heteroatoms. The summed E-state index contributed by atoms with van der Waals surface area (Å²) in [6.45, 7) is 4.01. The van der Waals surface area contributed by atoms with Crippen molar-refractivity contribution >= 4 is 46.6 Å². The van der Waals surface area contributed by atoms with Gasteiger partial charge in [-0.05, 0) is 67.0 Å². The molecule has 0 saturated heterocycles. The average Bonchev–Trinajstić information content (AvgIpc) is 2.45. The number of amides is 1. The first-order valence-electron chi connectivity index (χ1n) is 7.07. The van der Waals surface area contributed by atoms with Gasteiger partial charge in [0.05, 0.1) is 0 Å². The minimum Gasteiger partial charge on any atom is -0.332 e. The van der Waals surface area contributed by atoms with Gasteiger partial charge in [-0.1, -0.05) is 35.9 Å². The Labute approximate surface area is 146 Å². The molecular formula is C18H17ClN2OS. The molecule has 2 rings (SSSR count). The second-order valence-corrected chi connectivity index (χ2v) is 5.99. The van der Waals surface area contributed by atoms with Crippen molar-refractivity contribution in [2.45, 2.75) is 13.8 Å². The third kappa shape index (κ3) is 5.51. The Hall–Kier alpha value is -2.17. The number of anilines is 1. The summed E-state index contributed by atoms with van der Waals surface area (Å²) in [5.41, 5.74) is 3.88. The second-order valence-electron chi connectivity index (χ2n) is 5.17. The van der Waals surface area contributed by atoms with Crippen molar-refractivity contribution in [1.82, 2.24) is 5.32 Å². The largest absolute Gasteiger partial charge is 0.332 e. The molecule has 0 aromatic heterocycles. The molecule has 0 saturated carbocycles. The first-order chi connectivity index (χ1) is 10.9. The molecule has 0 spiro atoms. The number of benzene rings is 2. The van der Waals surface area contributed by atoms with E-state index in [1.54, 1.807) is 12.1 Å². The van der Waals surface area contributed by atoms with Crippen molar-refractivity contribution in [2.24, 2.45) is 0 Å². The first-order valence-corrected chi connectivity index (χ1v) is 7.85. The van der Waals surface area contributed by atoms with Gasteiger partial charge >= 0.3 is 0 Å². The molecule has 0 aliphatic rings. The Bertz CT molecular complexity index is 751. The van der Waals surface area contributed by atoms with Gasteiger partial charge in [-0.15, -0.1) is 0 Å². The lowest BCUT2D eigenvalue weighted by molar-refractivity contribution is -0.115. The van der Waals surface area contributed by atoms with Gasteiger partial charge in [-0.25, -0.2) is 0 Å². The van der Waals surface area contributed by atoms with Crippen LogP contribution in [0.1, 0.15) is 16.7 Å². The molecule has 2 N–H and O–H groups in total. The molecular weight excluding hydrogens is 328 g/mol. The molecule has 0 atom stereocenters. The smallest absolute Gasteiger partial charge is 0.250 e. The highest BCUT2D eigenvalue weighted by Crippen LogP contribution is 2.16. The second kappa shape index (κ2) is 7.90. The maximum Gasteiger partial charge on any atom is 0.250 e. The standard InChI is InChI=1S/C18H17ClN2OS/c1-12-9-13(2)11-15(10-12)20-18(23)21-17(22)8-7-14-5-3-4-6-16(14)19/h3-11H,1-2H3,(H2,20,21,22,23)/b8-7+. The summed E-state index contributed by atoms with van der Waals surface area (Å²) in [4.78, 5) is 11.9. The fourth-order valence-electron chi connectivity index (χ4n) is 2.14. The molecule has 3 nitrogen and oxygen atoms in total. The molecule has 0 heterocycles. The lowest BCUT2D eigenvalue weighted by Gasteiger charge is -2.10. The Balaban J connectivity index is 1.95. The third-order valence-electron chi connectivity index (χ3n) is 3.04. The number of rotatable bonds is 3.